The molecule has 1 rings (SSSR count). The van der Waals surface area contributed by atoms with Crippen molar-refractivity contribution in [2.45, 2.75) is 0 Å². The molecule has 0 aromatic carbocycles. The molecule has 0 aliphatic heterocycles. The van der Waals surface area contributed by atoms with E-state index in [2.05, 4.69) is 15.9 Å². The highest BCUT2D eigenvalue weighted by Crippen LogP contribution is 2.13. The maximum Gasteiger partial charge on any atom is 0.104 e. The smallest absolute Gasteiger partial charge is 0.104 e. The van der Waals surface area contributed by atoms with Crippen LogP contribution in [0.2, 0.25) is 0 Å². The van der Waals surface area contributed by atoms with Crippen LogP contribution in [0, 0.1) is 0 Å². The van der Waals surface area contributed by atoms with Crippen molar-refractivity contribution in [2.75, 3.05) is 5.73 Å². The van der Waals surface area contributed by atoms with Crippen LogP contribution in [-0.2, 0) is 7.05 Å². The van der Waals surface area contributed by atoms with Gasteiger partial charge in [0.05, 0.1) is 0 Å². The average molecular weight is 211 g/mol. The van der Waals surface area contributed by atoms with Crippen LogP contribution in [0.15, 0.2) is 16.7 Å². The number of aryl methyl sites for hydroxylation is 1. The first-order valence-electron chi connectivity index (χ1n) is 2.27. The number of halogens is 2. The summed E-state index contributed by atoms with van der Waals surface area (Å²) < 4.78 is 2.88. The van der Waals surface area contributed by atoms with E-state index < -0.39 is 0 Å². The highest BCUT2D eigenvalue weighted by atomic mass is 79.9. The van der Waals surface area contributed by atoms with Crippen LogP contribution < -0.4 is 5.73 Å². The molecule has 1 heterocycles. The van der Waals surface area contributed by atoms with E-state index in [4.69, 9.17) is 5.73 Å². The van der Waals surface area contributed by atoms with E-state index >= 15 is 0 Å². The predicted octanol–water partition coefficient (Wildman–Crippen LogP) is 1.79. The Hall–Kier alpha value is -0.150. The molecule has 0 aliphatic rings. The van der Waals surface area contributed by atoms with Gasteiger partial charge in [0, 0.05) is 17.7 Å². The minimum Gasteiger partial charge on any atom is -0.385 e. The Morgan fingerprint density at radius 1 is 1.67 bits per heavy atom. The van der Waals surface area contributed by atoms with Gasteiger partial charge in [-0.3, -0.25) is 0 Å². The van der Waals surface area contributed by atoms with Gasteiger partial charge in [-0.1, -0.05) is 0 Å². The lowest BCUT2D eigenvalue weighted by molar-refractivity contribution is 0.939. The monoisotopic (exact) mass is 210 g/mol. The van der Waals surface area contributed by atoms with E-state index in [1.807, 2.05) is 23.9 Å². The summed E-state index contributed by atoms with van der Waals surface area (Å²) in [6.07, 6.45) is 1.91. The zero-order valence-electron chi connectivity index (χ0n) is 4.97. The van der Waals surface area contributed by atoms with E-state index in [9.17, 15) is 0 Å². The molecule has 0 amide bonds. The quantitative estimate of drug-likeness (QED) is 0.697. The largest absolute Gasteiger partial charge is 0.385 e. The van der Waals surface area contributed by atoms with E-state index in [0.717, 1.165) is 10.3 Å². The number of aromatic nitrogens is 1. The molecule has 0 unspecified atom stereocenters. The van der Waals surface area contributed by atoms with Crippen LogP contribution in [-0.4, -0.2) is 4.57 Å². The first kappa shape index (κ1) is 8.85. The lowest BCUT2D eigenvalue weighted by atomic mass is 10.6. The zero-order chi connectivity index (χ0) is 6.15. The number of hydrogen-bond donors (Lipinski definition) is 1. The predicted molar refractivity (Wildman–Crippen MR) is 44.8 cm³/mol. The third kappa shape index (κ3) is 1.91. The van der Waals surface area contributed by atoms with Crippen molar-refractivity contribution in [2.24, 2.45) is 7.05 Å². The van der Waals surface area contributed by atoms with E-state index in [-0.39, 0.29) is 12.4 Å². The summed E-state index contributed by atoms with van der Waals surface area (Å²) >= 11 is 3.28. The molecule has 0 saturated heterocycles. The van der Waals surface area contributed by atoms with Crippen LogP contribution in [0.1, 0.15) is 0 Å². The summed E-state index contributed by atoms with van der Waals surface area (Å²) in [7, 11) is 1.90. The van der Waals surface area contributed by atoms with Gasteiger partial charge < -0.3 is 10.3 Å². The van der Waals surface area contributed by atoms with Gasteiger partial charge in [-0.25, -0.2) is 0 Å². The number of nitrogens with two attached hydrogens (primary N) is 1. The van der Waals surface area contributed by atoms with Crippen LogP contribution in [0.25, 0.3) is 0 Å². The van der Waals surface area contributed by atoms with Crippen LogP contribution in [0.4, 0.5) is 5.82 Å². The van der Waals surface area contributed by atoms with Gasteiger partial charge in [0.25, 0.3) is 0 Å². The van der Waals surface area contributed by atoms with Crippen molar-refractivity contribution < 1.29 is 0 Å². The molecule has 1 aromatic rings. The molecule has 0 aliphatic carbocycles. The molecule has 0 bridgehead atoms. The topological polar surface area (TPSA) is 30.9 Å². The van der Waals surface area contributed by atoms with Crippen molar-refractivity contribution in [3.05, 3.63) is 16.7 Å². The van der Waals surface area contributed by atoms with Gasteiger partial charge in [-0.2, -0.15) is 0 Å². The van der Waals surface area contributed by atoms with Gasteiger partial charge in [0.2, 0.25) is 0 Å². The van der Waals surface area contributed by atoms with E-state index in [1.165, 1.54) is 0 Å². The Kier molecular flexibility index (Phi) is 3.08. The van der Waals surface area contributed by atoms with Crippen molar-refractivity contribution >= 4 is 34.2 Å². The van der Waals surface area contributed by atoms with E-state index in [0.29, 0.717) is 0 Å². The zero-order valence-corrected chi connectivity index (χ0v) is 7.37. The van der Waals surface area contributed by atoms with Gasteiger partial charge in [0.15, 0.2) is 0 Å². The molecular formula is C5H8BrClN2. The van der Waals surface area contributed by atoms with Gasteiger partial charge in [0.1, 0.15) is 5.82 Å². The Morgan fingerprint density at radius 2 is 2.22 bits per heavy atom. The summed E-state index contributed by atoms with van der Waals surface area (Å²) in [5, 5.41) is 0. The average Bonchev–Trinajstić information content (AvgIpc) is 1.85. The van der Waals surface area contributed by atoms with Crippen molar-refractivity contribution in [1.82, 2.24) is 4.57 Å². The minimum atomic E-state index is 0. The molecule has 52 valence electrons. The van der Waals surface area contributed by atoms with Gasteiger partial charge in [-0.05, 0) is 22.0 Å². The second kappa shape index (κ2) is 3.13. The van der Waals surface area contributed by atoms with E-state index in [1.54, 1.807) is 0 Å². The maximum atomic E-state index is 5.47. The fourth-order valence-corrected chi connectivity index (χ4v) is 1.08. The minimum absolute atomic E-state index is 0. The first-order chi connectivity index (χ1) is 3.70. The molecule has 0 spiro atoms. The molecule has 1 aromatic heterocycles. The third-order valence-corrected chi connectivity index (χ3v) is 1.44. The second-order valence-corrected chi connectivity index (χ2v) is 2.61. The summed E-state index contributed by atoms with van der Waals surface area (Å²) in [4.78, 5) is 0. The number of nitrogen functional groups attached to an aromatic ring is 1. The Balaban J connectivity index is 0.000000640. The van der Waals surface area contributed by atoms with Crippen molar-refractivity contribution in [3.8, 4) is 0 Å². The molecule has 2 N–H and O–H groups in total. The Labute approximate surface area is 68.6 Å². The summed E-state index contributed by atoms with van der Waals surface area (Å²) in [6, 6.07) is 1.86. The lowest BCUT2D eigenvalue weighted by Crippen LogP contribution is -1.92. The molecule has 0 radical (unpaired) electrons. The second-order valence-electron chi connectivity index (χ2n) is 1.69. The highest BCUT2D eigenvalue weighted by Gasteiger charge is 1.92. The molecule has 2 nitrogen and oxygen atoms in total. The van der Waals surface area contributed by atoms with Crippen LogP contribution in [0.5, 0.6) is 0 Å². The van der Waals surface area contributed by atoms with Gasteiger partial charge >= 0.3 is 0 Å². The first-order valence-corrected chi connectivity index (χ1v) is 3.07. The SMILES string of the molecule is Cl.Cn1cc(Br)cc1N. The molecule has 4 heteroatoms. The summed E-state index contributed by atoms with van der Waals surface area (Å²) in [5.41, 5.74) is 5.47. The molecule has 0 fully saturated rings. The summed E-state index contributed by atoms with van der Waals surface area (Å²) in [6.45, 7) is 0. The normalized spacial score (nSPS) is 8.67. The van der Waals surface area contributed by atoms with Crippen LogP contribution in [0.3, 0.4) is 0 Å². The highest BCUT2D eigenvalue weighted by molar-refractivity contribution is 9.10. The number of anilines is 1. The fraction of sp³-hybridized carbons (Fsp3) is 0.200. The standard InChI is InChI=1S/C5H7BrN2.ClH/c1-8-3-4(6)2-5(8)7;/h2-3H,7H2,1H3;1H. The Bertz CT molecular complexity index is 177. The fourth-order valence-electron chi connectivity index (χ4n) is 0.540. The lowest BCUT2D eigenvalue weighted by Gasteiger charge is -1.89. The molecular weight excluding hydrogens is 203 g/mol. The number of nitrogens with zero attached hydrogens (tertiary/aromatic N) is 1. The Morgan fingerprint density at radius 3 is 2.33 bits per heavy atom. The van der Waals surface area contributed by atoms with Crippen molar-refractivity contribution in [1.29, 1.82) is 0 Å². The molecule has 0 saturated carbocycles. The maximum absolute atomic E-state index is 5.47. The van der Waals surface area contributed by atoms with Crippen LogP contribution >= 0.6 is 28.3 Å². The number of hydrogen-bond acceptors (Lipinski definition) is 1. The van der Waals surface area contributed by atoms with Gasteiger partial charge in [-0.15, -0.1) is 12.4 Å². The van der Waals surface area contributed by atoms with Crippen molar-refractivity contribution in [3.63, 3.8) is 0 Å². The third-order valence-electron chi connectivity index (χ3n) is 1.01. The molecule has 9 heavy (non-hydrogen) atoms. The number of rotatable bonds is 0. The summed E-state index contributed by atoms with van der Waals surface area (Å²) in [5.74, 6) is 0.775. The molecule has 0 atom stereocenters.